The van der Waals surface area contributed by atoms with E-state index in [0.717, 1.165) is 24.6 Å². The van der Waals surface area contributed by atoms with Crippen LogP contribution in [0, 0.1) is 0 Å². The van der Waals surface area contributed by atoms with Crippen LogP contribution in [0.2, 0.25) is 44.3 Å². The highest BCUT2D eigenvalue weighted by molar-refractivity contribution is 7.84. The average Bonchev–Trinajstić information content (AvgIpc) is 3.07. The van der Waals surface area contributed by atoms with Crippen LogP contribution in [0.15, 0.2) is 54.6 Å². The van der Waals surface area contributed by atoms with Crippen LogP contribution in [0.5, 0.6) is 0 Å². The van der Waals surface area contributed by atoms with Gasteiger partial charge in [0, 0.05) is 49.7 Å². The van der Waals surface area contributed by atoms with Gasteiger partial charge in [-0.25, -0.2) is 0 Å². The molecule has 2 rings (SSSR count). The molecule has 0 bridgehead atoms. The summed E-state index contributed by atoms with van der Waals surface area (Å²) in [6.07, 6.45) is 19.5. The van der Waals surface area contributed by atoms with Crippen LogP contribution in [-0.4, -0.2) is 56.2 Å². The smallest absolute Gasteiger partial charge is 0.377 e. The van der Waals surface area contributed by atoms with Crippen LogP contribution in [0.3, 0.4) is 0 Å². The van der Waals surface area contributed by atoms with Gasteiger partial charge >= 0.3 is 8.80 Å². The van der Waals surface area contributed by atoms with Crippen molar-refractivity contribution in [2.24, 2.45) is 0 Å². The maximum absolute atomic E-state index is 12.3. The molecule has 4 nitrogen and oxygen atoms in total. The second kappa shape index (κ2) is 23.5. The van der Waals surface area contributed by atoms with Crippen molar-refractivity contribution in [3.63, 3.8) is 0 Å². The van der Waals surface area contributed by atoms with Crippen LogP contribution < -0.4 is 10.4 Å². The van der Waals surface area contributed by atoms with Crippen molar-refractivity contribution in [3.8, 4) is 0 Å². The van der Waals surface area contributed by atoms with E-state index in [1.807, 2.05) is 18.2 Å². The summed E-state index contributed by atoms with van der Waals surface area (Å²) in [7, 11) is -0.778. The predicted molar refractivity (Wildman–Crippen MR) is 214 cm³/mol. The van der Waals surface area contributed by atoms with Gasteiger partial charge < -0.3 is 13.3 Å². The second-order valence-corrected chi connectivity index (χ2v) is 29.3. The molecule has 0 spiro atoms. The largest absolute Gasteiger partial charge is 0.500 e. The lowest BCUT2D eigenvalue weighted by Crippen LogP contribution is -2.45. The second-order valence-electron chi connectivity index (χ2n) is 15.0. The fourth-order valence-corrected chi connectivity index (χ4v) is 14.7. The van der Waals surface area contributed by atoms with E-state index >= 15 is 0 Å². The molecule has 0 aliphatic rings. The van der Waals surface area contributed by atoms with Crippen molar-refractivity contribution in [3.05, 3.63) is 60.2 Å². The summed E-state index contributed by atoms with van der Waals surface area (Å²) in [5.41, 5.74) is 1.19. The van der Waals surface area contributed by atoms with Gasteiger partial charge in [0.2, 0.25) is 0 Å². The third kappa shape index (κ3) is 17.1. The summed E-state index contributed by atoms with van der Waals surface area (Å²) in [4.78, 5) is 0. The van der Waals surface area contributed by atoms with Gasteiger partial charge in [-0.2, -0.15) is 0 Å². The highest BCUT2D eigenvalue weighted by atomic mass is 32.2. The van der Waals surface area contributed by atoms with Crippen LogP contribution >= 0.6 is 0 Å². The molecule has 0 saturated carbocycles. The third-order valence-corrected chi connectivity index (χ3v) is 21.5. The standard InChI is InChI=1S/C39H70O4SSi3/c1-41-47(42-2,43-3)35-25-18-14-13-17-24-34-46(6,7)39-30-28-38(29-31-39)45(4,5)33-23-16-12-10-8-9-11-15-22-32-44(40)36-37-26-20-19-21-27-37/h19-21,26-31H,8-18,22-25,32-36H2,1-7H3. The lowest BCUT2D eigenvalue weighted by Gasteiger charge is -2.26. The van der Waals surface area contributed by atoms with E-state index in [9.17, 15) is 4.21 Å². The Hall–Kier alpha value is -0.879. The van der Waals surface area contributed by atoms with E-state index in [4.69, 9.17) is 13.3 Å². The summed E-state index contributed by atoms with van der Waals surface area (Å²) < 4.78 is 28.9. The van der Waals surface area contributed by atoms with Crippen LogP contribution in [0.4, 0.5) is 0 Å². The number of benzene rings is 2. The van der Waals surface area contributed by atoms with Crippen LogP contribution in [0.1, 0.15) is 102 Å². The highest BCUT2D eigenvalue weighted by Gasteiger charge is 2.36. The minimum absolute atomic E-state index is 0.706. The molecule has 268 valence electrons. The van der Waals surface area contributed by atoms with E-state index < -0.39 is 35.8 Å². The Morgan fingerprint density at radius 2 is 0.851 bits per heavy atom. The van der Waals surface area contributed by atoms with Gasteiger partial charge in [-0.1, -0.05) is 187 Å². The molecule has 1 atom stereocenters. The first-order valence-electron chi connectivity index (χ1n) is 18.7. The predicted octanol–water partition coefficient (Wildman–Crippen LogP) is 10.2. The molecule has 0 saturated heterocycles. The number of unbranched alkanes of at least 4 members (excludes halogenated alkanes) is 13. The summed E-state index contributed by atoms with van der Waals surface area (Å²) in [6.45, 7) is 10.3. The summed E-state index contributed by atoms with van der Waals surface area (Å²) in [6, 6.07) is 23.9. The zero-order valence-electron chi connectivity index (χ0n) is 31.4. The zero-order valence-corrected chi connectivity index (χ0v) is 35.2. The molecule has 0 fully saturated rings. The van der Waals surface area contributed by atoms with Crippen LogP contribution in [0.25, 0.3) is 0 Å². The Balaban J connectivity index is 1.53. The van der Waals surface area contributed by atoms with Gasteiger partial charge in [0.25, 0.3) is 0 Å². The van der Waals surface area contributed by atoms with E-state index in [2.05, 4.69) is 62.6 Å². The number of rotatable bonds is 28. The normalized spacial score (nSPS) is 13.3. The Morgan fingerprint density at radius 3 is 1.26 bits per heavy atom. The molecule has 0 N–H and O–H groups in total. The first kappa shape index (κ1) is 42.3. The molecule has 8 heteroatoms. The van der Waals surface area contributed by atoms with Crippen molar-refractivity contribution in [2.45, 2.75) is 146 Å². The van der Waals surface area contributed by atoms with Gasteiger partial charge in [-0.15, -0.1) is 0 Å². The fourth-order valence-electron chi connectivity index (χ4n) is 6.73. The Labute approximate surface area is 296 Å². The van der Waals surface area contributed by atoms with E-state index in [1.54, 1.807) is 31.7 Å². The first-order chi connectivity index (χ1) is 22.6. The first-order valence-corrected chi connectivity index (χ1v) is 28.6. The minimum Gasteiger partial charge on any atom is -0.377 e. The fraction of sp³-hybridized carbons (Fsp3) is 0.692. The van der Waals surface area contributed by atoms with Crippen molar-refractivity contribution in [1.29, 1.82) is 0 Å². The number of hydrogen-bond acceptors (Lipinski definition) is 4. The van der Waals surface area contributed by atoms with Gasteiger partial charge in [-0.3, -0.25) is 4.21 Å². The third-order valence-electron chi connectivity index (χ3n) is 10.3. The van der Waals surface area contributed by atoms with Crippen molar-refractivity contribution in [1.82, 2.24) is 0 Å². The summed E-state index contributed by atoms with van der Waals surface area (Å²) >= 11 is 0. The summed E-state index contributed by atoms with van der Waals surface area (Å²) in [5, 5.41) is 3.27. The molecule has 2 aromatic carbocycles. The SMILES string of the molecule is CO[Si](CCCCCCCC[Si](C)(C)c1ccc([Si](C)(C)CCCCCCCCCCCS(=O)Cc2ccccc2)cc1)(OC)OC. The van der Waals surface area contributed by atoms with Gasteiger partial charge in [0.05, 0.1) is 16.1 Å². The monoisotopic (exact) mass is 718 g/mol. The van der Waals surface area contributed by atoms with Crippen molar-refractivity contribution >= 4 is 46.1 Å². The maximum atomic E-state index is 12.3. The molecule has 0 aromatic heterocycles. The van der Waals surface area contributed by atoms with E-state index in [-0.39, 0.29) is 0 Å². The van der Waals surface area contributed by atoms with Crippen LogP contribution in [-0.2, 0) is 29.8 Å². The molecule has 0 amide bonds. The molecule has 0 radical (unpaired) electrons. The molecular formula is C39H70O4SSi3. The molecule has 2 aromatic rings. The lowest BCUT2D eigenvalue weighted by atomic mass is 10.1. The maximum Gasteiger partial charge on any atom is 0.500 e. The zero-order chi connectivity index (χ0) is 34.4. The minimum atomic E-state index is -2.40. The summed E-state index contributed by atoms with van der Waals surface area (Å²) in [5.74, 6) is 1.56. The Morgan fingerprint density at radius 1 is 0.489 bits per heavy atom. The lowest BCUT2D eigenvalue weighted by molar-refractivity contribution is 0.122. The molecule has 47 heavy (non-hydrogen) atoms. The van der Waals surface area contributed by atoms with Gasteiger partial charge in [-0.05, 0) is 18.4 Å². The van der Waals surface area contributed by atoms with Crippen molar-refractivity contribution < 1.29 is 17.5 Å². The number of hydrogen-bond donors (Lipinski definition) is 0. The highest BCUT2D eigenvalue weighted by Crippen LogP contribution is 2.21. The molecule has 0 aliphatic carbocycles. The average molecular weight is 719 g/mol. The molecule has 1 unspecified atom stereocenters. The van der Waals surface area contributed by atoms with Gasteiger partial charge in [0.1, 0.15) is 0 Å². The Kier molecular flexibility index (Phi) is 21.2. The molecular weight excluding hydrogens is 649 g/mol. The Bertz CT molecular complexity index is 1080. The van der Waals surface area contributed by atoms with Crippen molar-refractivity contribution in [2.75, 3.05) is 27.1 Å². The topological polar surface area (TPSA) is 44.8 Å². The molecule has 0 heterocycles. The molecule has 0 aliphatic heterocycles. The van der Waals surface area contributed by atoms with E-state index in [1.165, 1.54) is 101 Å². The van der Waals surface area contributed by atoms with E-state index in [0.29, 0.717) is 5.75 Å². The van der Waals surface area contributed by atoms with Gasteiger partial charge in [0.15, 0.2) is 0 Å². The quantitative estimate of drug-likeness (QED) is 0.0649.